The fourth-order valence-electron chi connectivity index (χ4n) is 1.85. The van der Waals surface area contributed by atoms with E-state index in [1.165, 1.54) is 5.56 Å². The summed E-state index contributed by atoms with van der Waals surface area (Å²) < 4.78 is 0. The molecule has 1 aromatic carbocycles. The summed E-state index contributed by atoms with van der Waals surface area (Å²) in [5.41, 5.74) is 8.88. The van der Waals surface area contributed by atoms with Crippen molar-refractivity contribution in [2.45, 2.75) is 52.5 Å². The van der Waals surface area contributed by atoms with E-state index < -0.39 is 0 Å². The minimum atomic E-state index is -0.0795. The first-order chi connectivity index (χ1) is 7.71. The molecule has 0 aromatic heterocycles. The van der Waals surface area contributed by atoms with Crippen molar-refractivity contribution in [2.24, 2.45) is 5.73 Å². The summed E-state index contributed by atoms with van der Waals surface area (Å²) in [4.78, 5) is 12.0. The van der Waals surface area contributed by atoms with Gasteiger partial charge in [0.2, 0.25) is 0 Å². The van der Waals surface area contributed by atoms with Gasteiger partial charge in [0.05, 0.1) is 0 Å². The summed E-state index contributed by atoms with van der Waals surface area (Å²) in [6.45, 7) is 10.4. The molecule has 0 radical (unpaired) electrons. The average molecular weight is 233 g/mol. The van der Waals surface area contributed by atoms with Gasteiger partial charge in [-0.3, -0.25) is 4.79 Å². The Morgan fingerprint density at radius 1 is 1.35 bits per heavy atom. The maximum Gasteiger partial charge on any atom is 0.164 e. The van der Waals surface area contributed by atoms with E-state index >= 15 is 0 Å². The fraction of sp³-hybridized carbons (Fsp3) is 0.533. The summed E-state index contributed by atoms with van der Waals surface area (Å²) in [6, 6.07) is 6.00. The molecule has 17 heavy (non-hydrogen) atoms. The molecule has 94 valence electrons. The van der Waals surface area contributed by atoms with Gasteiger partial charge in [0, 0.05) is 18.0 Å². The van der Waals surface area contributed by atoms with Crippen molar-refractivity contribution in [3.63, 3.8) is 0 Å². The van der Waals surface area contributed by atoms with Gasteiger partial charge < -0.3 is 5.73 Å². The van der Waals surface area contributed by atoms with E-state index in [9.17, 15) is 4.79 Å². The number of Topliss-reactive ketones (excluding diaryl/α,β-unsaturated/α-hetero) is 1. The van der Waals surface area contributed by atoms with E-state index in [-0.39, 0.29) is 17.2 Å². The predicted molar refractivity (Wildman–Crippen MR) is 72.5 cm³/mol. The van der Waals surface area contributed by atoms with Crippen molar-refractivity contribution in [3.8, 4) is 0 Å². The maximum absolute atomic E-state index is 12.0. The van der Waals surface area contributed by atoms with Crippen molar-refractivity contribution in [1.82, 2.24) is 0 Å². The molecule has 0 aliphatic rings. The van der Waals surface area contributed by atoms with Crippen molar-refractivity contribution in [1.29, 1.82) is 0 Å². The van der Waals surface area contributed by atoms with Crippen LogP contribution in [0.4, 0.5) is 0 Å². The van der Waals surface area contributed by atoms with E-state index in [4.69, 9.17) is 5.73 Å². The minimum absolute atomic E-state index is 0.0795. The van der Waals surface area contributed by atoms with Crippen LogP contribution in [0.2, 0.25) is 0 Å². The molecule has 0 aliphatic carbocycles. The molecule has 0 fully saturated rings. The molecule has 1 atom stereocenters. The van der Waals surface area contributed by atoms with Crippen LogP contribution in [0.3, 0.4) is 0 Å². The van der Waals surface area contributed by atoms with E-state index in [0.29, 0.717) is 6.42 Å². The fourth-order valence-corrected chi connectivity index (χ4v) is 1.85. The minimum Gasteiger partial charge on any atom is -0.328 e. The highest BCUT2D eigenvalue weighted by atomic mass is 16.1. The van der Waals surface area contributed by atoms with E-state index in [1.54, 1.807) is 0 Å². The highest BCUT2D eigenvalue weighted by Crippen LogP contribution is 2.24. The first-order valence-electron chi connectivity index (χ1n) is 6.11. The Morgan fingerprint density at radius 3 is 2.35 bits per heavy atom. The van der Waals surface area contributed by atoms with Crippen molar-refractivity contribution >= 4 is 5.78 Å². The Labute approximate surface area is 104 Å². The monoisotopic (exact) mass is 233 g/mol. The van der Waals surface area contributed by atoms with Gasteiger partial charge in [-0.05, 0) is 30.4 Å². The number of hydrogen-bond donors (Lipinski definition) is 1. The molecular weight excluding hydrogens is 210 g/mol. The van der Waals surface area contributed by atoms with Crippen molar-refractivity contribution < 1.29 is 4.79 Å². The smallest absolute Gasteiger partial charge is 0.164 e. The van der Waals surface area contributed by atoms with Gasteiger partial charge >= 0.3 is 0 Å². The highest BCUT2D eigenvalue weighted by molar-refractivity contribution is 5.97. The van der Waals surface area contributed by atoms with Crippen LogP contribution in [0.15, 0.2) is 18.2 Å². The predicted octanol–water partition coefficient (Wildman–Crippen LogP) is 3.21. The van der Waals surface area contributed by atoms with Gasteiger partial charge in [-0.2, -0.15) is 0 Å². The molecule has 0 heterocycles. The van der Waals surface area contributed by atoms with Gasteiger partial charge in [-0.25, -0.2) is 0 Å². The van der Waals surface area contributed by atoms with Crippen LogP contribution in [0, 0.1) is 6.92 Å². The van der Waals surface area contributed by atoms with Crippen LogP contribution >= 0.6 is 0 Å². The number of nitrogens with two attached hydrogens (primary N) is 1. The molecule has 2 N–H and O–H groups in total. The molecule has 1 aromatic rings. The quantitative estimate of drug-likeness (QED) is 0.815. The first kappa shape index (κ1) is 13.9. The lowest BCUT2D eigenvalue weighted by molar-refractivity contribution is 0.0976. The third-order valence-electron chi connectivity index (χ3n) is 2.90. The van der Waals surface area contributed by atoms with Crippen LogP contribution in [0.25, 0.3) is 0 Å². The summed E-state index contributed by atoms with van der Waals surface area (Å²) in [5, 5.41) is 0. The summed E-state index contributed by atoms with van der Waals surface area (Å²) >= 11 is 0. The number of carbonyl (C=O) groups is 1. The normalized spacial score (nSPS) is 13.5. The highest BCUT2D eigenvalue weighted by Gasteiger charge is 2.17. The first-order valence-corrected chi connectivity index (χ1v) is 6.11. The molecule has 2 nitrogen and oxygen atoms in total. The molecular formula is C15H23NO. The second-order valence-electron chi connectivity index (χ2n) is 5.88. The second kappa shape index (κ2) is 5.01. The zero-order valence-corrected chi connectivity index (χ0v) is 11.5. The van der Waals surface area contributed by atoms with Crippen LogP contribution < -0.4 is 5.73 Å². The lowest BCUT2D eigenvalue weighted by Crippen LogP contribution is -2.20. The molecule has 0 saturated carbocycles. The molecule has 1 unspecified atom stereocenters. The van der Waals surface area contributed by atoms with E-state index in [1.807, 2.05) is 26.0 Å². The standard InChI is InChI=1S/C15H23NO/c1-10-8-12(15(3,4)5)6-7-13(10)14(17)9-11(2)16/h6-8,11H,9,16H2,1-5H3. The zero-order chi connectivity index (χ0) is 13.2. The molecule has 0 amide bonds. The Morgan fingerprint density at radius 2 is 1.94 bits per heavy atom. The van der Waals surface area contributed by atoms with Crippen LogP contribution in [0.5, 0.6) is 0 Å². The third-order valence-corrected chi connectivity index (χ3v) is 2.90. The van der Waals surface area contributed by atoms with Crippen LogP contribution in [-0.4, -0.2) is 11.8 Å². The van der Waals surface area contributed by atoms with Crippen LogP contribution in [-0.2, 0) is 5.41 Å². The number of aryl methyl sites for hydroxylation is 1. The molecule has 0 bridgehead atoms. The zero-order valence-electron chi connectivity index (χ0n) is 11.5. The Balaban J connectivity index is 3.02. The molecule has 0 aliphatic heterocycles. The largest absolute Gasteiger partial charge is 0.328 e. The van der Waals surface area contributed by atoms with Crippen molar-refractivity contribution in [3.05, 3.63) is 34.9 Å². The molecule has 2 heteroatoms. The molecule has 1 rings (SSSR count). The third kappa shape index (κ3) is 3.67. The Kier molecular flexibility index (Phi) is 4.10. The number of carbonyl (C=O) groups excluding carboxylic acids is 1. The average Bonchev–Trinajstić information content (AvgIpc) is 2.14. The van der Waals surface area contributed by atoms with Crippen LogP contribution in [0.1, 0.15) is 55.6 Å². The summed E-state index contributed by atoms with van der Waals surface area (Å²) in [5.74, 6) is 0.137. The Hall–Kier alpha value is -1.15. The number of hydrogen-bond acceptors (Lipinski definition) is 2. The summed E-state index contributed by atoms with van der Waals surface area (Å²) in [6.07, 6.45) is 0.412. The topological polar surface area (TPSA) is 43.1 Å². The van der Waals surface area contributed by atoms with Gasteiger partial charge in [0.25, 0.3) is 0 Å². The summed E-state index contributed by atoms with van der Waals surface area (Å²) in [7, 11) is 0. The van der Waals surface area contributed by atoms with E-state index in [2.05, 4.69) is 26.8 Å². The number of rotatable bonds is 3. The maximum atomic E-state index is 12.0. The lowest BCUT2D eigenvalue weighted by atomic mass is 9.84. The number of ketones is 1. The SMILES string of the molecule is Cc1cc(C(C)(C)C)ccc1C(=O)CC(C)N. The van der Waals surface area contributed by atoms with E-state index in [0.717, 1.165) is 11.1 Å². The lowest BCUT2D eigenvalue weighted by Gasteiger charge is -2.20. The molecule has 0 saturated heterocycles. The van der Waals surface area contributed by atoms with Crippen molar-refractivity contribution in [2.75, 3.05) is 0 Å². The Bertz CT molecular complexity index is 413. The van der Waals surface area contributed by atoms with Gasteiger partial charge in [0.15, 0.2) is 5.78 Å². The van der Waals surface area contributed by atoms with Gasteiger partial charge in [-0.1, -0.05) is 39.0 Å². The molecule has 0 spiro atoms. The number of benzene rings is 1. The van der Waals surface area contributed by atoms with Gasteiger partial charge in [0.1, 0.15) is 0 Å². The second-order valence-corrected chi connectivity index (χ2v) is 5.88. The van der Waals surface area contributed by atoms with Gasteiger partial charge in [-0.15, -0.1) is 0 Å².